The van der Waals surface area contributed by atoms with E-state index in [9.17, 15) is 9.90 Å². The number of hydrogen-bond donors (Lipinski definition) is 2. The molecule has 5 nitrogen and oxygen atoms in total. The first-order valence-corrected chi connectivity index (χ1v) is 4.76. The molecule has 0 fully saturated rings. The Balaban J connectivity index is 2.34. The van der Waals surface area contributed by atoms with Crippen molar-refractivity contribution in [2.75, 3.05) is 13.7 Å². The highest BCUT2D eigenvalue weighted by molar-refractivity contribution is 5.66. The van der Waals surface area contributed by atoms with Gasteiger partial charge in [0.15, 0.2) is 0 Å². The second-order valence-corrected chi connectivity index (χ2v) is 3.27. The van der Waals surface area contributed by atoms with Gasteiger partial charge in [-0.15, -0.1) is 0 Å². The summed E-state index contributed by atoms with van der Waals surface area (Å²) in [6, 6.07) is 3.72. The Morgan fingerprint density at radius 3 is 3.00 bits per heavy atom. The number of aromatic nitrogens is 1. The molecular formula is C10H16N2O3. The van der Waals surface area contributed by atoms with Gasteiger partial charge in [-0.1, -0.05) is 0 Å². The SMILES string of the molecule is COC(=O)NCCC(O)c1cccn1C. The summed E-state index contributed by atoms with van der Waals surface area (Å²) in [5.41, 5.74) is 0.835. The average Bonchev–Trinajstić information content (AvgIpc) is 2.64. The maximum Gasteiger partial charge on any atom is 0.406 e. The number of amides is 1. The predicted molar refractivity (Wildman–Crippen MR) is 55.4 cm³/mol. The minimum absolute atomic E-state index is 0.388. The van der Waals surface area contributed by atoms with Crippen molar-refractivity contribution in [3.05, 3.63) is 24.0 Å². The number of aliphatic hydroxyl groups excluding tert-OH is 1. The van der Waals surface area contributed by atoms with E-state index in [0.717, 1.165) is 5.69 Å². The molecule has 0 radical (unpaired) electrons. The first kappa shape index (κ1) is 11.6. The number of aryl methyl sites for hydroxylation is 1. The number of ether oxygens (including phenoxy) is 1. The third kappa shape index (κ3) is 3.28. The molecule has 0 saturated carbocycles. The topological polar surface area (TPSA) is 63.5 Å². The highest BCUT2D eigenvalue weighted by atomic mass is 16.5. The zero-order valence-corrected chi connectivity index (χ0v) is 8.93. The molecule has 84 valence electrons. The quantitative estimate of drug-likeness (QED) is 0.776. The van der Waals surface area contributed by atoms with Crippen molar-refractivity contribution in [3.63, 3.8) is 0 Å². The van der Waals surface area contributed by atoms with Gasteiger partial charge < -0.3 is 19.7 Å². The van der Waals surface area contributed by atoms with Crippen molar-refractivity contribution in [1.29, 1.82) is 0 Å². The van der Waals surface area contributed by atoms with E-state index in [1.807, 2.05) is 29.9 Å². The Kier molecular flexibility index (Phi) is 4.17. The van der Waals surface area contributed by atoms with Crippen LogP contribution in [0.25, 0.3) is 0 Å². The molecule has 0 saturated heterocycles. The van der Waals surface area contributed by atoms with Crippen LogP contribution in [0.5, 0.6) is 0 Å². The van der Waals surface area contributed by atoms with Gasteiger partial charge in [-0.3, -0.25) is 0 Å². The van der Waals surface area contributed by atoms with Gasteiger partial charge in [-0.05, 0) is 18.6 Å². The van der Waals surface area contributed by atoms with E-state index in [0.29, 0.717) is 13.0 Å². The summed E-state index contributed by atoms with van der Waals surface area (Å²) < 4.78 is 6.26. The molecule has 2 N–H and O–H groups in total. The Morgan fingerprint density at radius 2 is 2.47 bits per heavy atom. The number of rotatable bonds is 4. The average molecular weight is 212 g/mol. The molecule has 0 aliphatic carbocycles. The van der Waals surface area contributed by atoms with Crippen LogP contribution in [0.1, 0.15) is 18.2 Å². The molecule has 1 unspecified atom stereocenters. The second-order valence-electron chi connectivity index (χ2n) is 3.27. The lowest BCUT2D eigenvalue weighted by Gasteiger charge is -2.12. The van der Waals surface area contributed by atoms with E-state index in [1.165, 1.54) is 7.11 Å². The monoisotopic (exact) mass is 212 g/mol. The van der Waals surface area contributed by atoms with E-state index in [4.69, 9.17) is 0 Å². The number of alkyl carbamates (subject to hydrolysis) is 1. The van der Waals surface area contributed by atoms with Gasteiger partial charge >= 0.3 is 6.09 Å². The molecule has 1 amide bonds. The van der Waals surface area contributed by atoms with Gasteiger partial charge in [0.2, 0.25) is 0 Å². The van der Waals surface area contributed by atoms with Gasteiger partial charge in [-0.2, -0.15) is 0 Å². The first-order chi connectivity index (χ1) is 7.15. The van der Waals surface area contributed by atoms with Gasteiger partial charge in [0.05, 0.1) is 13.2 Å². The van der Waals surface area contributed by atoms with E-state index in [-0.39, 0.29) is 0 Å². The third-order valence-corrected chi connectivity index (χ3v) is 2.20. The second kappa shape index (κ2) is 5.41. The summed E-state index contributed by atoms with van der Waals surface area (Å²) in [4.78, 5) is 10.7. The van der Waals surface area contributed by atoms with Crippen molar-refractivity contribution >= 4 is 6.09 Å². The molecule has 15 heavy (non-hydrogen) atoms. The maximum atomic E-state index is 10.7. The Labute approximate surface area is 88.7 Å². The van der Waals surface area contributed by atoms with Crippen molar-refractivity contribution in [3.8, 4) is 0 Å². The number of nitrogens with zero attached hydrogens (tertiary/aromatic N) is 1. The normalized spacial score (nSPS) is 12.2. The fraction of sp³-hybridized carbons (Fsp3) is 0.500. The molecule has 0 aromatic carbocycles. The van der Waals surface area contributed by atoms with Crippen molar-refractivity contribution < 1.29 is 14.6 Å². The lowest BCUT2D eigenvalue weighted by Crippen LogP contribution is -2.25. The molecule has 5 heteroatoms. The zero-order chi connectivity index (χ0) is 11.3. The summed E-state index contributed by atoms with van der Waals surface area (Å²) in [6.07, 6.45) is 1.29. The van der Waals surface area contributed by atoms with Gasteiger partial charge in [0.25, 0.3) is 0 Å². The number of carbonyl (C=O) groups is 1. The fourth-order valence-electron chi connectivity index (χ4n) is 1.35. The van der Waals surface area contributed by atoms with E-state index >= 15 is 0 Å². The first-order valence-electron chi connectivity index (χ1n) is 4.76. The molecule has 0 aliphatic rings. The summed E-state index contributed by atoms with van der Waals surface area (Å²) in [5, 5.41) is 12.3. The molecule has 0 bridgehead atoms. The van der Waals surface area contributed by atoms with Crippen LogP contribution in [0.4, 0.5) is 4.79 Å². The fourth-order valence-corrected chi connectivity index (χ4v) is 1.35. The molecule has 1 heterocycles. The molecule has 0 spiro atoms. The summed E-state index contributed by atoms with van der Waals surface area (Å²) in [5.74, 6) is 0. The van der Waals surface area contributed by atoms with Crippen molar-refractivity contribution in [2.24, 2.45) is 7.05 Å². The van der Waals surface area contributed by atoms with Crippen LogP contribution in [0.3, 0.4) is 0 Å². The number of aliphatic hydroxyl groups is 1. The highest BCUT2D eigenvalue weighted by Gasteiger charge is 2.10. The van der Waals surface area contributed by atoms with Crippen LogP contribution in [-0.4, -0.2) is 29.4 Å². The van der Waals surface area contributed by atoms with Crippen molar-refractivity contribution in [2.45, 2.75) is 12.5 Å². The minimum atomic E-state index is -0.567. The number of methoxy groups -OCH3 is 1. The lowest BCUT2D eigenvalue weighted by molar-refractivity contribution is 0.150. The van der Waals surface area contributed by atoms with Gasteiger partial charge in [-0.25, -0.2) is 4.79 Å². The van der Waals surface area contributed by atoms with Crippen LogP contribution >= 0.6 is 0 Å². The van der Waals surface area contributed by atoms with E-state index in [2.05, 4.69) is 10.1 Å². The number of carbonyl (C=O) groups excluding carboxylic acids is 1. The Hall–Kier alpha value is -1.49. The third-order valence-electron chi connectivity index (χ3n) is 2.20. The Bertz CT molecular complexity index is 322. The smallest absolute Gasteiger partial charge is 0.406 e. The van der Waals surface area contributed by atoms with Crippen LogP contribution in [0.15, 0.2) is 18.3 Å². The number of nitrogens with one attached hydrogen (secondary N) is 1. The van der Waals surface area contributed by atoms with Crippen LogP contribution < -0.4 is 5.32 Å². The summed E-state index contributed by atoms with van der Waals surface area (Å²) >= 11 is 0. The summed E-state index contributed by atoms with van der Waals surface area (Å²) in [6.45, 7) is 0.388. The predicted octanol–water partition coefficient (Wildman–Crippen LogP) is 0.805. The maximum absolute atomic E-state index is 10.7. The molecule has 1 aromatic heterocycles. The van der Waals surface area contributed by atoms with Gasteiger partial charge in [0, 0.05) is 25.5 Å². The van der Waals surface area contributed by atoms with Gasteiger partial charge in [0.1, 0.15) is 0 Å². The largest absolute Gasteiger partial charge is 0.453 e. The molecule has 1 aromatic rings. The molecular weight excluding hydrogens is 196 g/mol. The molecule has 1 atom stereocenters. The minimum Gasteiger partial charge on any atom is -0.453 e. The number of hydrogen-bond acceptors (Lipinski definition) is 3. The zero-order valence-electron chi connectivity index (χ0n) is 8.93. The molecule has 0 aliphatic heterocycles. The highest BCUT2D eigenvalue weighted by Crippen LogP contribution is 2.15. The lowest BCUT2D eigenvalue weighted by atomic mass is 10.2. The standard InChI is InChI=1S/C10H16N2O3/c1-12-7-3-4-8(12)9(13)5-6-11-10(14)15-2/h3-4,7,9,13H,5-6H2,1-2H3,(H,11,14). The Morgan fingerprint density at radius 1 is 1.73 bits per heavy atom. The van der Waals surface area contributed by atoms with Crippen LogP contribution in [0, 0.1) is 0 Å². The van der Waals surface area contributed by atoms with E-state index < -0.39 is 12.2 Å². The molecule has 1 rings (SSSR count). The van der Waals surface area contributed by atoms with Crippen LogP contribution in [0.2, 0.25) is 0 Å². The van der Waals surface area contributed by atoms with Crippen molar-refractivity contribution in [1.82, 2.24) is 9.88 Å². The van der Waals surface area contributed by atoms with Crippen LogP contribution in [-0.2, 0) is 11.8 Å². The van der Waals surface area contributed by atoms with E-state index in [1.54, 1.807) is 0 Å². The summed E-state index contributed by atoms with van der Waals surface area (Å²) in [7, 11) is 3.18.